The van der Waals surface area contributed by atoms with Gasteiger partial charge in [0.15, 0.2) is 0 Å². The lowest BCUT2D eigenvalue weighted by atomic mass is 10.1. The van der Waals surface area contributed by atoms with Gasteiger partial charge in [0, 0.05) is 18.3 Å². The Kier molecular flexibility index (Phi) is 4.81. The maximum absolute atomic E-state index is 12.4. The van der Waals surface area contributed by atoms with E-state index in [4.69, 9.17) is 5.73 Å². The third-order valence-corrected chi connectivity index (χ3v) is 2.36. The van der Waals surface area contributed by atoms with Crippen molar-refractivity contribution in [2.24, 2.45) is 5.73 Å². The number of nitrogens with two attached hydrogens (primary N) is 1. The standard InChI is InChI=1S/C12H17F3N2/c1-9(16)4-3-7-17-11-6-2-5-10(8-11)12(13,14)15/h2,5-6,8-9,17H,3-4,7,16H2,1H3. The van der Waals surface area contributed by atoms with Gasteiger partial charge in [-0.3, -0.25) is 0 Å². The van der Waals surface area contributed by atoms with Crippen LogP contribution >= 0.6 is 0 Å². The van der Waals surface area contributed by atoms with Crippen LogP contribution in [0.3, 0.4) is 0 Å². The molecule has 0 aromatic heterocycles. The van der Waals surface area contributed by atoms with Crippen LogP contribution in [0.4, 0.5) is 18.9 Å². The summed E-state index contributed by atoms with van der Waals surface area (Å²) >= 11 is 0. The molecule has 1 rings (SSSR count). The van der Waals surface area contributed by atoms with Gasteiger partial charge in [-0.2, -0.15) is 13.2 Å². The molecule has 1 unspecified atom stereocenters. The Morgan fingerprint density at radius 2 is 2.06 bits per heavy atom. The lowest BCUT2D eigenvalue weighted by Gasteiger charge is -2.11. The maximum atomic E-state index is 12.4. The Balaban J connectivity index is 2.49. The average molecular weight is 246 g/mol. The van der Waals surface area contributed by atoms with Crippen LogP contribution in [0.25, 0.3) is 0 Å². The molecule has 0 aliphatic rings. The molecule has 17 heavy (non-hydrogen) atoms. The largest absolute Gasteiger partial charge is 0.416 e. The van der Waals surface area contributed by atoms with E-state index in [9.17, 15) is 13.2 Å². The van der Waals surface area contributed by atoms with E-state index in [1.165, 1.54) is 6.07 Å². The van der Waals surface area contributed by atoms with Crippen molar-refractivity contribution in [3.05, 3.63) is 29.8 Å². The minimum Gasteiger partial charge on any atom is -0.385 e. The van der Waals surface area contributed by atoms with Gasteiger partial charge in [0.2, 0.25) is 0 Å². The van der Waals surface area contributed by atoms with Gasteiger partial charge in [-0.25, -0.2) is 0 Å². The Labute approximate surface area is 99.0 Å². The number of hydrogen-bond acceptors (Lipinski definition) is 2. The normalized spacial score (nSPS) is 13.5. The molecule has 2 nitrogen and oxygen atoms in total. The van der Waals surface area contributed by atoms with Gasteiger partial charge in [0.05, 0.1) is 5.56 Å². The molecule has 1 aromatic carbocycles. The van der Waals surface area contributed by atoms with E-state index in [1.807, 2.05) is 6.92 Å². The summed E-state index contributed by atoms with van der Waals surface area (Å²) in [5.74, 6) is 0. The van der Waals surface area contributed by atoms with Crippen LogP contribution in [0, 0.1) is 0 Å². The van der Waals surface area contributed by atoms with Crippen molar-refractivity contribution >= 4 is 5.69 Å². The van der Waals surface area contributed by atoms with Crippen LogP contribution < -0.4 is 11.1 Å². The zero-order valence-electron chi connectivity index (χ0n) is 9.72. The highest BCUT2D eigenvalue weighted by Gasteiger charge is 2.30. The summed E-state index contributed by atoms with van der Waals surface area (Å²) < 4.78 is 37.3. The van der Waals surface area contributed by atoms with E-state index >= 15 is 0 Å². The van der Waals surface area contributed by atoms with Crippen LogP contribution in [-0.2, 0) is 6.18 Å². The summed E-state index contributed by atoms with van der Waals surface area (Å²) in [5.41, 5.74) is 5.44. The molecule has 96 valence electrons. The summed E-state index contributed by atoms with van der Waals surface area (Å²) in [6, 6.07) is 5.33. The summed E-state index contributed by atoms with van der Waals surface area (Å²) in [5, 5.41) is 2.96. The smallest absolute Gasteiger partial charge is 0.385 e. The van der Waals surface area contributed by atoms with Gasteiger partial charge in [-0.15, -0.1) is 0 Å². The molecule has 0 saturated carbocycles. The Hall–Kier alpha value is -1.23. The summed E-state index contributed by atoms with van der Waals surface area (Å²) in [4.78, 5) is 0. The monoisotopic (exact) mass is 246 g/mol. The third-order valence-electron chi connectivity index (χ3n) is 2.36. The molecule has 0 saturated heterocycles. The second-order valence-corrected chi connectivity index (χ2v) is 4.12. The van der Waals surface area contributed by atoms with Crippen LogP contribution in [0.2, 0.25) is 0 Å². The average Bonchev–Trinajstić information content (AvgIpc) is 2.23. The molecule has 1 atom stereocenters. The highest BCUT2D eigenvalue weighted by Crippen LogP contribution is 2.30. The first-order valence-corrected chi connectivity index (χ1v) is 5.56. The molecule has 0 heterocycles. The zero-order valence-corrected chi connectivity index (χ0v) is 9.72. The predicted octanol–water partition coefficient (Wildman–Crippen LogP) is 3.24. The number of anilines is 1. The Morgan fingerprint density at radius 3 is 2.65 bits per heavy atom. The van der Waals surface area contributed by atoms with E-state index in [0.29, 0.717) is 12.2 Å². The van der Waals surface area contributed by atoms with E-state index in [-0.39, 0.29) is 6.04 Å². The van der Waals surface area contributed by atoms with Crippen molar-refractivity contribution < 1.29 is 13.2 Å². The van der Waals surface area contributed by atoms with E-state index in [0.717, 1.165) is 25.0 Å². The fraction of sp³-hybridized carbons (Fsp3) is 0.500. The molecule has 5 heteroatoms. The van der Waals surface area contributed by atoms with Gasteiger partial charge in [-0.05, 0) is 38.0 Å². The molecule has 1 aromatic rings. The van der Waals surface area contributed by atoms with Crippen molar-refractivity contribution in [1.29, 1.82) is 0 Å². The fourth-order valence-electron chi connectivity index (χ4n) is 1.46. The van der Waals surface area contributed by atoms with Crippen molar-refractivity contribution in [2.45, 2.75) is 32.0 Å². The number of hydrogen-bond donors (Lipinski definition) is 2. The lowest BCUT2D eigenvalue weighted by molar-refractivity contribution is -0.137. The third kappa shape index (κ3) is 5.08. The van der Waals surface area contributed by atoms with Crippen molar-refractivity contribution in [1.82, 2.24) is 0 Å². The van der Waals surface area contributed by atoms with Gasteiger partial charge in [0.1, 0.15) is 0 Å². The van der Waals surface area contributed by atoms with Crippen LogP contribution in [0.5, 0.6) is 0 Å². The van der Waals surface area contributed by atoms with Gasteiger partial charge in [-0.1, -0.05) is 6.07 Å². The molecule has 0 aliphatic heterocycles. The lowest BCUT2D eigenvalue weighted by Crippen LogP contribution is -2.16. The molecule has 0 bridgehead atoms. The zero-order chi connectivity index (χ0) is 12.9. The highest BCUT2D eigenvalue weighted by molar-refractivity contribution is 5.46. The summed E-state index contributed by atoms with van der Waals surface area (Å²) in [6.45, 7) is 2.53. The van der Waals surface area contributed by atoms with Crippen molar-refractivity contribution in [2.75, 3.05) is 11.9 Å². The van der Waals surface area contributed by atoms with Gasteiger partial charge < -0.3 is 11.1 Å². The summed E-state index contributed by atoms with van der Waals surface area (Å²) in [7, 11) is 0. The summed E-state index contributed by atoms with van der Waals surface area (Å²) in [6.07, 6.45) is -2.59. The number of rotatable bonds is 5. The number of benzene rings is 1. The predicted molar refractivity (Wildman–Crippen MR) is 62.8 cm³/mol. The molecule has 0 radical (unpaired) electrons. The highest BCUT2D eigenvalue weighted by atomic mass is 19.4. The van der Waals surface area contributed by atoms with Gasteiger partial charge >= 0.3 is 6.18 Å². The van der Waals surface area contributed by atoms with E-state index < -0.39 is 11.7 Å². The molecule has 0 spiro atoms. The SMILES string of the molecule is CC(N)CCCNc1cccc(C(F)(F)F)c1. The molecular weight excluding hydrogens is 229 g/mol. The molecule has 0 aliphatic carbocycles. The quantitative estimate of drug-likeness (QED) is 0.783. The number of nitrogens with one attached hydrogen (secondary N) is 1. The molecular formula is C12H17F3N2. The van der Waals surface area contributed by atoms with E-state index in [2.05, 4.69) is 5.32 Å². The minimum atomic E-state index is -4.29. The topological polar surface area (TPSA) is 38.0 Å². The molecule has 0 amide bonds. The molecule has 3 N–H and O–H groups in total. The first-order valence-electron chi connectivity index (χ1n) is 5.56. The van der Waals surface area contributed by atoms with Crippen molar-refractivity contribution in [3.8, 4) is 0 Å². The maximum Gasteiger partial charge on any atom is 0.416 e. The van der Waals surface area contributed by atoms with Gasteiger partial charge in [0.25, 0.3) is 0 Å². The van der Waals surface area contributed by atoms with E-state index in [1.54, 1.807) is 6.07 Å². The number of alkyl halides is 3. The first-order chi connectivity index (χ1) is 7.89. The Morgan fingerprint density at radius 1 is 1.35 bits per heavy atom. The van der Waals surface area contributed by atoms with Crippen LogP contribution in [0.1, 0.15) is 25.3 Å². The molecule has 0 fully saturated rings. The Bertz CT molecular complexity index is 348. The number of halogens is 3. The van der Waals surface area contributed by atoms with Crippen molar-refractivity contribution in [3.63, 3.8) is 0 Å². The second-order valence-electron chi connectivity index (χ2n) is 4.12. The van der Waals surface area contributed by atoms with Crippen LogP contribution in [-0.4, -0.2) is 12.6 Å². The van der Waals surface area contributed by atoms with Crippen LogP contribution in [0.15, 0.2) is 24.3 Å². The minimum absolute atomic E-state index is 0.123. The second kappa shape index (κ2) is 5.91. The fourth-order valence-corrected chi connectivity index (χ4v) is 1.46. The first kappa shape index (κ1) is 13.8.